The van der Waals surface area contributed by atoms with E-state index in [1.54, 1.807) is 12.1 Å². The molecule has 0 heterocycles. The van der Waals surface area contributed by atoms with Crippen LogP contribution in [0.1, 0.15) is 83.1 Å². The van der Waals surface area contributed by atoms with E-state index in [4.69, 9.17) is 0 Å². The van der Waals surface area contributed by atoms with Gasteiger partial charge in [-0.2, -0.15) is 0 Å². The summed E-state index contributed by atoms with van der Waals surface area (Å²) in [5.74, 6) is 3.76. The van der Waals surface area contributed by atoms with Gasteiger partial charge >= 0.3 is 0 Å². The van der Waals surface area contributed by atoms with E-state index in [9.17, 15) is 4.39 Å². The molecule has 0 amide bonds. The molecule has 2 saturated carbocycles. The third-order valence-corrected chi connectivity index (χ3v) is 6.73. The molecule has 0 atom stereocenters. The Hall–Kier alpha value is -0.850. The van der Waals surface area contributed by atoms with Crippen LogP contribution in [-0.4, -0.2) is 0 Å². The summed E-state index contributed by atoms with van der Waals surface area (Å²) < 4.78 is 13.0. The van der Waals surface area contributed by atoms with Crippen molar-refractivity contribution in [3.05, 3.63) is 35.6 Å². The Balaban J connectivity index is 1.36. The summed E-state index contributed by atoms with van der Waals surface area (Å²) in [5.41, 5.74) is 1.31. The Morgan fingerprint density at radius 3 is 1.79 bits per heavy atom. The molecule has 0 N–H and O–H groups in total. The van der Waals surface area contributed by atoms with Crippen LogP contribution in [0.4, 0.5) is 4.39 Å². The highest BCUT2D eigenvalue weighted by Gasteiger charge is 2.26. The Morgan fingerprint density at radius 2 is 1.25 bits per heavy atom. The lowest BCUT2D eigenvalue weighted by Crippen LogP contribution is -2.21. The van der Waals surface area contributed by atoms with Gasteiger partial charge in [0.15, 0.2) is 0 Å². The normalized spacial score (nSPS) is 31.1. The monoisotopic (exact) mass is 330 g/mol. The topological polar surface area (TPSA) is 0 Å². The van der Waals surface area contributed by atoms with Crippen LogP contribution in [0.3, 0.4) is 0 Å². The lowest BCUT2D eigenvalue weighted by Gasteiger charge is -2.34. The lowest BCUT2D eigenvalue weighted by molar-refractivity contribution is 0.187. The van der Waals surface area contributed by atoms with E-state index in [-0.39, 0.29) is 5.82 Å². The van der Waals surface area contributed by atoms with Gasteiger partial charge in [-0.3, -0.25) is 0 Å². The molecule has 134 valence electrons. The van der Waals surface area contributed by atoms with E-state index in [0.717, 1.165) is 30.1 Å². The van der Waals surface area contributed by atoms with E-state index >= 15 is 0 Å². The molecule has 0 spiro atoms. The summed E-state index contributed by atoms with van der Waals surface area (Å²) in [6, 6.07) is 7.15. The summed E-state index contributed by atoms with van der Waals surface area (Å²) in [7, 11) is 0. The van der Waals surface area contributed by atoms with Gasteiger partial charge in [-0.05, 0) is 67.1 Å². The molecule has 2 fully saturated rings. The van der Waals surface area contributed by atoms with Crippen molar-refractivity contribution in [2.24, 2.45) is 23.7 Å². The quantitative estimate of drug-likeness (QED) is 0.518. The van der Waals surface area contributed by atoms with E-state index in [1.807, 2.05) is 12.1 Å². The minimum Gasteiger partial charge on any atom is -0.207 e. The second-order valence-corrected chi connectivity index (χ2v) is 8.63. The van der Waals surface area contributed by atoms with Crippen molar-refractivity contribution in [3.8, 4) is 0 Å². The number of hydrogen-bond acceptors (Lipinski definition) is 0. The second kappa shape index (κ2) is 9.02. The Morgan fingerprint density at radius 1 is 0.750 bits per heavy atom. The van der Waals surface area contributed by atoms with Crippen molar-refractivity contribution < 1.29 is 4.39 Å². The van der Waals surface area contributed by atoms with E-state index in [2.05, 4.69) is 6.92 Å². The Bertz CT molecular complexity index is 461. The standard InChI is InChI=1S/C23H35F/c1-2-3-18-4-6-19(7-5-18)16-20-8-10-21(11-9-20)17-22-12-14-23(24)15-13-22/h12-15,18-21H,2-11,16-17H2,1H3/t18-,19-,20-,21-. The molecule has 0 nitrogen and oxygen atoms in total. The van der Waals surface area contributed by atoms with Crippen molar-refractivity contribution in [3.63, 3.8) is 0 Å². The second-order valence-electron chi connectivity index (χ2n) is 8.63. The number of halogens is 1. The zero-order chi connectivity index (χ0) is 16.8. The Kier molecular flexibility index (Phi) is 6.75. The van der Waals surface area contributed by atoms with E-state index < -0.39 is 0 Å². The first kappa shape index (κ1) is 18.0. The van der Waals surface area contributed by atoms with Crippen molar-refractivity contribution >= 4 is 0 Å². The smallest absolute Gasteiger partial charge is 0.123 e. The molecule has 0 bridgehead atoms. The van der Waals surface area contributed by atoms with Crippen LogP contribution in [0.5, 0.6) is 0 Å². The zero-order valence-electron chi connectivity index (χ0n) is 15.5. The summed E-state index contributed by atoms with van der Waals surface area (Å²) in [6.07, 6.45) is 17.1. The predicted octanol–water partition coefficient (Wildman–Crippen LogP) is 7.17. The van der Waals surface area contributed by atoms with Crippen molar-refractivity contribution in [2.75, 3.05) is 0 Å². The minimum atomic E-state index is -0.115. The van der Waals surface area contributed by atoms with Crippen LogP contribution in [0, 0.1) is 29.5 Å². The van der Waals surface area contributed by atoms with Gasteiger partial charge in [0.05, 0.1) is 0 Å². The van der Waals surface area contributed by atoms with Gasteiger partial charge in [0.2, 0.25) is 0 Å². The van der Waals surface area contributed by atoms with Crippen molar-refractivity contribution in [1.82, 2.24) is 0 Å². The van der Waals surface area contributed by atoms with Gasteiger partial charge in [0, 0.05) is 0 Å². The average Bonchev–Trinajstić information content (AvgIpc) is 2.61. The van der Waals surface area contributed by atoms with Gasteiger partial charge in [0.1, 0.15) is 5.82 Å². The van der Waals surface area contributed by atoms with E-state index in [1.165, 1.54) is 76.2 Å². The zero-order valence-corrected chi connectivity index (χ0v) is 15.5. The van der Waals surface area contributed by atoms with Crippen LogP contribution in [0.2, 0.25) is 0 Å². The molecule has 3 rings (SSSR count). The highest BCUT2D eigenvalue weighted by molar-refractivity contribution is 5.16. The van der Waals surface area contributed by atoms with Gasteiger partial charge in [0.25, 0.3) is 0 Å². The maximum atomic E-state index is 13.0. The fourth-order valence-corrected chi connectivity index (χ4v) is 5.26. The molecule has 0 unspecified atom stereocenters. The molecule has 2 aliphatic rings. The van der Waals surface area contributed by atoms with Crippen LogP contribution in [0.15, 0.2) is 24.3 Å². The highest BCUT2D eigenvalue weighted by Crippen LogP contribution is 2.39. The lowest BCUT2D eigenvalue weighted by atomic mass is 9.72. The summed E-state index contributed by atoms with van der Waals surface area (Å²) in [6.45, 7) is 2.33. The highest BCUT2D eigenvalue weighted by atomic mass is 19.1. The van der Waals surface area contributed by atoms with Crippen molar-refractivity contribution in [2.45, 2.75) is 84.0 Å². The maximum absolute atomic E-state index is 13.0. The molecular formula is C23H35F. The molecule has 24 heavy (non-hydrogen) atoms. The van der Waals surface area contributed by atoms with E-state index in [0.29, 0.717) is 0 Å². The fraction of sp³-hybridized carbons (Fsp3) is 0.739. The number of benzene rings is 1. The maximum Gasteiger partial charge on any atom is 0.123 e. The average molecular weight is 331 g/mol. The SMILES string of the molecule is CCC[C@H]1CC[C@H](C[C@H]2CC[C@H](Cc3ccc(F)cc3)CC2)CC1. The number of rotatable bonds is 6. The molecule has 0 aromatic heterocycles. The first-order chi connectivity index (χ1) is 11.7. The summed E-state index contributed by atoms with van der Waals surface area (Å²) >= 11 is 0. The van der Waals surface area contributed by atoms with Gasteiger partial charge in [-0.1, -0.05) is 70.4 Å². The third-order valence-electron chi connectivity index (χ3n) is 6.73. The van der Waals surface area contributed by atoms with Crippen LogP contribution in [0.25, 0.3) is 0 Å². The molecule has 1 aromatic rings. The van der Waals surface area contributed by atoms with Gasteiger partial charge in [-0.25, -0.2) is 4.39 Å². The minimum absolute atomic E-state index is 0.115. The first-order valence-corrected chi connectivity index (χ1v) is 10.5. The predicted molar refractivity (Wildman–Crippen MR) is 101 cm³/mol. The van der Waals surface area contributed by atoms with Gasteiger partial charge < -0.3 is 0 Å². The summed E-state index contributed by atoms with van der Waals surface area (Å²) in [4.78, 5) is 0. The molecular weight excluding hydrogens is 295 g/mol. The number of hydrogen-bond donors (Lipinski definition) is 0. The molecule has 0 saturated heterocycles. The first-order valence-electron chi connectivity index (χ1n) is 10.5. The molecule has 0 radical (unpaired) electrons. The third kappa shape index (κ3) is 5.33. The molecule has 0 aliphatic heterocycles. The van der Waals surface area contributed by atoms with Crippen LogP contribution >= 0.6 is 0 Å². The summed E-state index contributed by atoms with van der Waals surface area (Å²) in [5, 5.41) is 0. The largest absolute Gasteiger partial charge is 0.207 e. The van der Waals surface area contributed by atoms with Gasteiger partial charge in [-0.15, -0.1) is 0 Å². The van der Waals surface area contributed by atoms with Crippen LogP contribution in [-0.2, 0) is 6.42 Å². The fourth-order valence-electron chi connectivity index (χ4n) is 5.26. The van der Waals surface area contributed by atoms with Crippen LogP contribution < -0.4 is 0 Å². The molecule has 1 heteroatoms. The molecule has 1 aromatic carbocycles. The molecule has 2 aliphatic carbocycles. The Labute approximate surface area is 148 Å². The van der Waals surface area contributed by atoms with Crippen molar-refractivity contribution in [1.29, 1.82) is 0 Å².